The summed E-state index contributed by atoms with van der Waals surface area (Å²) < 4.78 is 18.9. The van der Waals surface area contributed by atoms with Crippen molar-refractivity contribution in [3.05, 3.63) is 45.7 Å². The smallest absolute Gasteiger partial charge is 0.359 e. The van der Waals surface area contributed by atoms with E-state index in [1.54, 1.807) is 12.3 Å². The van der Waals surface area contributed by atoms with Crippen LogP contribution in [-0.2, 0) is 4.74 Å². The summed E-state index contributed by atoms with van der Waals surface area (Å²) in [5, 5.41) is 6.41. The number of carbonyl (C=O) groups excluding carboxylic acids is 1. The lowest BCUT2D eigenvalue weighted by atomic mass is 10.2. The van der Waals surface area contributed by atoms with Crippen LogP contribution >= 0.6 is 11.3 Å². The lowest BCUT2D eigenvalue weighted by Gasteiger charge is -2.08. The number of fused-ring (bicyclic) bond motifs is 1. The van der Waals surface area contributed by atoms with Crippen LogP contribution in [0.3, 0.4) is 0 Å². The Balaban J connectivity index is 2.32. The van der Waals surface area contributed by atoms with Crippen molar-refractivity contribution in [1.29, 1.82) is 0 Å². The molecule has 0 saturated heterocycles. The molecule has 0 aliphatic heterocycles. The van der Waals surface area contributed by atoms with Crippen molar-refractivity contribution in [3.63, 3.8) is 0 Å². The number of nitrogens with two attached hydrogens (primary N) is 1. The van der Waals surface area contributed by atoms with Gasteiger partial charge in [-0.3, -0.25) is 4.79 Å². The Morgan fingerprint density at radius 3 is 2.91 bits per heavy atom. The largest absolute Gasteiger partial charge is 0.461 e. The number of ether oxygens (including phenoxy) is 1. The van der Waals surface area contributed by atoms with E-state index in [1.165, 1.54) is 6.07 Å². The van der Waals surface area contributed by atoms with Crippen molar-refractivity contribution < 1.29 is 13.9 Å². The number of anilines is 1. The predicted molar refractivity (Wildman–Crippen MR) is 83.3 cm³/mol. The van der Waals surface area contributed by atoms with Crippen LogP contribution in [0.25, 0.3) is 16.5 Å². The van der Waals surface area contributed by atoms with Gasteiger partial charge in [-0.15, -0.1) is 11.3 Å². The van der Waals surface area contributed by atoms with Gasteiger partial charge in [-0.1, -0.05) is 0 Å². The van der Waals surface area contributed by atoms with E-state index in [4.69, 9.17) is 10.5 Å². The monoisotopic (exact) mass is 334 g/mol. The SMILES string of the molecule is CCOC(=O)c1nn(-c2ccc(F)nc2)c(=O)c2c(N)scc12. The van der Waals surface area contributed by atoms with E-state index in [9.17, 15) is 14.0 Å². The highest BCUT2D eigenvalue weighted by atomic mass is 32.1. The number of nitrogen functional groups attached to an aromatic ring is 1. The highest BCUT2D eigenvalue weighted by molar-refractivity contribution is 7.15. The molecule has 0 atom stereocenters. The summed E-state index contributed by atoms with van der Waals surface area (Å²) in [4.78, 5) is 28.2. The van der Waals surface area contributed by atoms with Gasteiger partial charge in [0.25, 0.3) is 5.56 Å². The highest BCUT2D eigenvalue weighted by Gasteiger charge is 2.21. The van der Waals surface area contributed by atoms with Gasteiger partial charge in [0, 0.05) is 10.8 Å². The first-order valence-electron chi connectivity index (χ1n) is 6.62. The van der Waals surface area contributed by atoms with E-state index in [0.29, 0.717) is 5.39 Å². The third-order valence-electron chi connectivity index (χ3n) is 3.11. The van der Waals surface area contributed by atoms with Crippen LogP contribution in [0.5, 0.6) is 0 Å². The van der Waals surface area contributed by atoms with E-state index >= 15 is 0 Å². The fourth-order valence-corrected chi connectivity index (χ4v) is 2.88. The normalized spacial score (nSPS) is 10.9. The Hall–Kier alpha value is -2.81. The molecule has 0 radical (unpaired) electrons. The molecule has 0 fully saturated rings. The Morgan fingerprint density at radius 2 is 2.26 bits per heavy atom. The van der Waals surface area contributed by atoms with E-state index in [0.717, 1.165) is 28.3 Å². The van der Waals surface area contributed by atoms with Gasteiger partial charge in [0.1, 0.15) is 0 Å². The topological polar surface area (TPSA) is 100 Å². The molecule has 0 amide bonds. The molecule has 7 nitrogen and oxygen atoms in total. The van der Waals surface area contributed by atoms with Gasteiger partial charge >= 0.3 is 5.97 Å². The van der Waals surface area contributed by atoms with E-state index in [-0.39, 0.29) is 28.4 Å². The zero-order valence-corrected chi connectivity index (χ0v) is 12.8. The van der Waals surface area contributed by atoms with Crippen LogP contribution in [0.4, 0.5) is 9.39 Å². The first kappa shape index (κ1) is 15.1. The van der Waals surface area contributed by atoms with E-state index in [1.807, 2.05) is 0 Å². The van der Waals surface area contributed by atoms with Gasteiger partial charge in [0.05, 0.1) is 28.9 Å². The molecule has 3 aromatic heterocycles. The van der Waals surface area contributed by atoms with Crippen LogP contribution < -0.4 is 11.3 Å². The van der Waals surface area contributed by atoms with Gasteiger partial charge < -0.3 is 10.5 Å². The second kappa shape index (κ2) is 5.76. The summed E-state index contributed by atoms with van der Waals surface area (Å²) in [5.74, 6) is -1.36. The lowest BCUT2D eigenvalue weighted by molar-refractivity contribution is 0.0520. The van der Waals surface area contributed by atoms with Crippen LogP contribution in [0.1, 0.15) is 17.4 Å². The number of nitrogens with zero attached hydrogens (tertiary/aromatic N) is 3. The zero-order valence-electron chi connectivity index (χ0n) is 11.9. The molecule has 0 spiro atoms. The molecule has 9 heteroatoms. The average molecular weight is 334 g/mol. The van der Waals surface area contributed by atoms with Crippen molar-refractivity contribution in [1.82, 2.24) is 14.8 Å². The minimum absolute atomic E-state index is 0.0290. The maximum absolute atomic E-state index is 13.0. The standard InChI is InChI=1S/C14H11FN4O3S/c1-2-22-14(21)11-8-6-23-12(16)10(8)13(20)19(18-11)7-3-4-9(15)17-5-7/h3-6H,2,16H2,1H3. The van der Waals surface area contributed by atoms with Gasteiger partial charge in [-0.05, 0) is 19.1 Å². The highest BCUT2D eigenvalue weighted by Crippen LogP contribution is 2.27. The molecule has 0 bridgehead atoms. The molecule has 3 aromatic rings. The summed E-state index contributed by atoms with van der Waals surface area (Å²) in [6.45, 7) is 1.83. The third-order valence-corrected chi connectivity index (χ3v) is 3.92. The number of esters is 1. The summed E-state index contributed by atoms with van der Waals surface area (Å²) >= 11 is 1.13. The fraction of sp³-hybridized carbons (Fsp3) is 0.143. The number of carbonyl (C=O) groups is 1. The lowest BCUT2D eigenvalue weighted by Crippen LogP contribution is -2.25. The molecule has 3 heterocycles. The molecule has 0 aliphatic carbocycles. The first-order chi connectivity index (χ1) is 11.0. The second-order valence-corrected chi connectivity index (χ2v) is 5.43. The minimum Gasteiger partial charge on any atom is -0.461 e. The number of aromatic nitrogens is 3. The molecule has 3 rings (SSSR count). The molecule has 23 heavy (non-hydrogen) atoms. The molecular formula is C14H11FN4O3S. The van der Waals surface area contributed by atoms with Crippen molar-refractivity contribution in [2.75, 3.05) is 12.3 Å². The number of pyridine rings is 1. The van der Waals surface area contributed by atoms with Crippen molar-refractivity contribution >= 4 is 33.1 Å². The Labute approximate surface area is 133 Å². The van der Waals surface area contributed by atoms with Crippen molar-refractivity contribution in [2.45, 2.75) is 6.92 Å². The predicted octanol–water partition coefficient (Wildman–Crippen LogP) is 1.74. The summed E-state index contributed by atoms with van der Waals surface area (Å²) in [6, 6.07) is 2.43. The van der Waals surface area contributed by atoms with Crippen molar-refractivity contribution in [3.8, 4) is 5.69 Å². The van der Waals surface area contributed by atoms with Crippen LogP contribution in [0.2, 0.25) is 0 Å². The average Bonchev–Trinajstić information content (AvgIpc) is 2.91. The van der Waals surface area contributed by atoms with E-state index in [2.05, 4.69) is 10.1 Å². The Bertz CT molecular complexity index is 949. The fourth-order valence-electron chi connectivity index (χ4n) is 2.09. The van der Waals surface area contributed by atoms with Gasteiger partial charge in [0.15, 0.2) is 5.69 Å². The Morgan fingerprint density at radius 1 is 1.48 bits per heavy atom. The number of hydrogen-bond donors (Lipinski definition) is 1. The van der Waals surface area contributed by atoms with Crippen molar-refractivity contribution in [2.24, 2.45) is 0 Å². The summed E-state index contributed by atoms with van der Waals surface area (Å²) in [7, 11) is 0. The molecule has 118 valence electrons. The number of hydrogen-bond acceptors (Lipinski definition) is 7. The molecule has 0 saturated carbocycles. The Kier molecular flexibility index (Phi) is 3.78. The molecule has 2 N–H and O–H groups in total. The first-order valence-corrected chi connectivity index (χ1v) is 7.50. The maximum Gasteiger partial charge on any atom is 0.359 e. The molecule has 0 unspecified atom stereocenters. The summed E-state index contributed by atoms with van der Waals surface area (Å²) in [5.41, 5.74) is 5.52. The van der Waals surface area contributed by atoms with Gasteiger partial charge in [-0.2, -0.15) is 14.2 Å². The maximum atomic E-state index is 13.0. The summed E-state index contributed by atoms with van der Waals surface area (Å²) in [6.07, 6.45) is 1.15. The number of rotatable bonds is 3. The van der Waals surface area contributed by atoms with Crippen LogP contribution in [-0.4, -0.2) is 27.3 Å². The number of halogens is 1. The third kappa shape index (κ3) is 2.55. The van der Waals surface area contributed by atoms with Gasteiger partial charge in [0.2, 0.25) is 5.95 Å². The minimum atomic E-state index is -0.691. The quantitative estimate of drug-likeness (QED) is 0.578. The molecule has 0 aromatic carbocycles. The van der Waals surface area contributed by atoms with Crippen LogP contribution in [0.15, 0.2) is 28.5 Å². The van der Waals surface area contributed by atoms with E-state index < -0.39 is 17.5 Å². The molecule has 0 aliphatic rings. The second-order valence-electron chi connectivity index (χ2n) is 4.51. The van der Waals surface area contributed by atoms with Crippen LogP contribution in [0, 0.1) is 5.95 Å². The van der Waals surface area contributed by atoms with Gasteiger partial charge in [-0.25, -0.2) is 9.78 Å². The molecular weight excluding hydrogens is 323 g/mol. The zero-order chi connectivity index (χ0) is 16.6. The number of thiophene rings is 1.